The minimum atomic E-state index is 0.782. The summed E-state index contributed by atoms with van der Waals surface area (Å²) in [7, 11) is 0. The monoisotopic (exact) mass is 140 g/mol. The molecule has 3 heteroatoms. The Hall–Kier alpha value is -0.960. The van der Waals surface area contributed by atoms with Crippen LogP contribution in [0.4, 0.5) is 0 Å². The number of nitrogens with one attached hydrogen (secondary N) is 2. The number of hydrogen-bond donors (Lipinski definition) is 3. The quantitative estimate of drug-likeness (QED) is 0.507. The predicted octanol–water partition coefficient (Wildman–Crippen LogP) is 0.746. The fourth-order valence-corrected chi connectivity index (χ4v) is 0.950. The maximum Gasteiger partial charge on any atom is 0.0435 e. The zero-order valence-electron chi connectivity index (χ0n) is 6.02. The van der Waals surface area contributed by atoms with E-state index in [1.807, 2.05) is 19.1 Å². The van der Waals surface area contributed by atoms with E-state index in [2.05, 4.69) is 10.8 Å². The largest absolute Gasteiger partial charge is 0.388 e. The summed E-state index contributed by atoms with van der Waals surface area (Å²) in [6.45, 7) is 2.98. The van der Waals surface area contributed by atoms with Gasteiger partial charge in [0.25, 0.3) is 0 Å². The Morgan fingerprint density at radius 2 is 2.20 bits per heavy atom. The number of hydroxylamine groups is 1. The van der Waals surface area contributed by atoms with Crippen molar-refractivity contribution in [2.24, 2.45) is 0 Å². The van der Waals surface area contributed by atoms with Gasteiger partial charge in [-0.1, -0.05) is 0 Å². The van der Waals surface area contributed by atoms with Crippen LogP contribution in [0, 0.1) is 0 Å². The maximum atomic E-state index is 8.47. The van der Waals surface area contributed by atoms with Crippen molar-refractivity contribution in [1.82, 2.24) is 10.8 Å². The van der Waals surface area contributed by atoms with Gasteiger partial charge >= 0.3 is 0 Å². The highest BCUT2D eigenvalue weighted by molar-refractivity contribution is 5.27. The van der Waals surface area contributed by atoms with Gasteiger partial charge in [0.05, 0.1) is 0 Å². The van der Waals surface area contributed by atoms with E-state index >= 15 is 0 Å². The average molecular weight is 140 g/mol. The van der Waals surface area contributed by atoms with Crippen LogP contribution in [0.25, 0.3) is 0 Å². The molecule has 3 nitrogen and oxygen atoms in total. The molecule has 0 amide bonds. The first-order chi connectivity index (χ1) is 4.86. The Bertz CT molecular complexity index is 172. The van der Waals surface area contributed by atoms with E-state index in [0.29, 0.717) is 0 Å². The van der Waals surface area contributed by atoms with Gasteiger partial charge in [-0.25, -0.2) is 0 Å². The Labute approximate surface area is 60.4 Å². The molecule has 0 aromatic rings. The normalized spacial score (nSPS) is 16.2. The molecule has 0 saturated heterocycles. The second kappa shape index (κ2) is 3.27. The van der Waals surface area contributed by atoms with E-state index in [1.54, 1.807) is 0 Å². The van der Waals surface area contributed by atoms with E-state index in [1.165, 1.54) is 0 Å². The third-order valence-corrected chi connectivity index (χ3v) is 1.41. The average Bonchev–Trinajstić information content (AvgIpc) is 2.37. The maximum absolute atomic E-state index is 8.47. The van der Waals surface area contributed by atoms with Crippen molar-refractivity contribution >= 4 is 0 Å². The van der Waals surface area contributed by atoms with Crippen molar-refractivity contribution in [3.63, 3.8) is 0 Å². The first-order valence-corrected chi connectivity index (χ1v) is 3.40. The molecule has 1 aliphatic carbocycles. The fourth-order valence-electron chi connectivity index (χ4n) is 0.950. The van der Waals surface area contributed by atoms with Crippen LogP contribution in [0.2, 0.25) is 0 Å². The van der Waals surface area contributed by atoms with Crippen molar-refractivity contribution in [1.29, 1.82) is 0 Å². The van der Waals surface area contributed by atoms with Crippen molar-refractivity contribution in [3.8, 4) is 0 Å². The number of allylic oxidation sites excluding steroid dienone is 2. The number of rotatable bonds is 3. The summed E-state index contributed by atoms with van der Waals surface area (Å²) in [6.07, 6.45) is 4.60. The lowest BCUT2D eigenvalue weighted by molar-refractivity contribution is 0.198. The van der Waals surface area contributed by atoms with Crippen molar-refractivity contribution in [2.75, 3.05) is 6.54 Å². The number of hydrogen-bond acceptors (Lipinski definition) is 3. The van der Waals surface area contributed by atoms with Crippen LogP contribution >= 0.6 is 0 Å². The zero-order chi connectivity index (χ0) is 7.40. The fraction of sp³-hybridized carbons (Fsp3) is 0.429. The molecule has 3 N–H and O–H groups in total. The van der Waals surface area contributed by atoms with Crippen LogP contribution in [-0.2, 0) is 0 Å². The van der Waals surface area contributed by atoms with E-state index in [9.17, 15) is 0 Å². The highest BCUT2D eigenvalue weighted by Crippen LogP contribution is 2.12. The Kier molecular flexibility index (Phi) is 2.34. The summed E-state index contributed by atoms with van der Waals surface area (Å²) in [5.74, 6) is 0. The molecule has 10 heavy (non-hydrogen) atoms. The predicted molar refractivity (Wildman–Crippen MR) is 39.4 cm³/mol. The summed E-state index contributed by atoms with van der Waals surface area (Å²) in [4.78, 5) is 0. The summed E-state index contributed by atoms with van der Waals surface area (Å²) in [5, 5.41) is 11.6. The first-order valence-electron chi connectivity index (χ1n) is 3.40. The molecule has 0 spiro atoms. The minimum absolute atomic E-state index is 0.782. The van der Waals surface area contributed by atoms with E-state index < -0.39 is 0 Å². The highest BCUT2D eigenvalue weighted by Gasteiger charge is 2.04. The van der Waals surface area contributed by atoms with Crippen LogP contribution in [-0.4, -0.2) is 11.8 Å². The lowest BCUT2D eigenvalue weighted by Crippen LogP contribution is -2.13. The van der Waals surface area contributed by atoms with Crippen molar-refractivity contribution < 1.29 is 5.21 Å². The molecule has 0 bridgehead atoms. The van der Waals surface area contributed by atoms with Gasteiger partial charge in [0, 0.05) is 24.4 Å². The highest BCUT2D eigenvalue weighted by atomic mass is 16.5. The molecule has 0 aliphatic heterocycles. The van der Waals surface area contributed by atoms with Gasteiger partial charge in [0.2, 0.25) is 0 Å². The molecular formula is C7H12N2O. The smallest absolute Gasteiger partial charge is 0.0435 e. The first kappa shape index (κ1) is 7.15. The molecule has 0 aromatic carbocycles. The van der Waals surface area contributed by atoms with Crippen LogP contribution < -0.4 is 10.8 Å². The van der Waals surface area contributed by atoms with E-state index in [-0.39, 0.29) is 0 Å². The molecular weight excluding hydrogens is 128 g/mol. The SMILES string of the molecule is CCNC1=CC=C(NO)C1. The molecule has 0 heterocycles. The summed E-state index contributed by atoms with van der Waals surface area (Å²) in [6, 6.07) is 0. The Morgan fingerprint density at radius 1 is 1.50 bits per heavy atom. The third-order valence-electron chi connectivity index (χ3n) is 1.41. The lowest BCUT2D eigenvalue weighted by Gasteiger charge is -2.04. The molecule has 0 aromatic heterocycles. The van der Waals surface area contributed by atoms with Crippen molar-refractivity contribution in [3.05, 3.63) is 23.5 Å². The molecule has 56 valence electrons. The zero-order valence-corrected chi connectivity index (χ0v) is 6.02. The van der Waals surface area contributed by atoms with Crippen LogP contribution in [0.15, 0.2) is 23.5 Å². The second-order valence-corrected chi connectivity index (χ2v) is 2.20. The standard InChI is InChI=1S/C7H12N2O/c1-2-8-6-3-4-7(5-6)9-10/h3-4,8-10H,2,5H2,1H3. The van der Waals surface area contributed by atoms with Crippen LogP contribution in [0.1, 0.15) is 13.3 Å². The van der Waals surface area contributed by atoms with Crippen molar-refractivity contribution in [2.45, 2.75) is 13.3 Å². The lowest BCUT2D eigenvalue weighted by atomic mass is 10.3. The summed E-state index contributed by atoms with van der Waals surface area (Å²) < 4.78 is 0. The van der Waals surface area contributed by atoms with Gasteiger partial charge in [0.1, 0.15) is 0 Å². The Balaban J connectivity index is 2.33. The molecule has 1 aliphatic rings. The van der Waals surface area contributed by atoms with Gasteiger partial charge in [-0.2, -0.15) is 0 Å². The van der Waals surface area contributed by atoms with Crippen LogP contribution in [0.3, 0.4) is 0 Å². The van der Waals surface area contributed by atoms with E-state index in [4.69, 9.17) is 5.21 Å². The van der Waals surface area contributed by atoms with Gasteiger partial charge < -0.3 is 5.32 Å². The van der Waals surface area contributed by atoms with Gasteiger partial charge in [-0.3, -0.25) is 10.7 Å². The topological polar surface area (TPSA) is 44.3 Å². The van der Waals surface area contributed by atoms with E-state index in [0.717, 1.165) is 24.4 Å². The molecule has 0 unspecified atom stereocenters. The molecule has 0 fully saturated rings. The molecule has 1 rings (SSSR count). The minimum Gasteiger partial charge on any atom is -0.388 e. The van der Waals surface area contributed by atoms with Gasteiger partial charge in [-0.15, -0.1) is 0 Å². The molecule has 0 saturated carbocycles. The van der Waals surface area contributed by atoms with Crippen LogP contribution in [0.5, 0.6) is 0 Å². The van der Waals surface area contributed by atoms with Gasteiger partial charge in [-0.05, 0) is 19.1 Å². The summed E-state index contributed by atoms with van der Waals surface area (Å²) in [5.41, 5.74) is 4.12. The Morgan fingerprint density at radius 3 is 2.70 bits per heavy atom. The molecule has 0 radical (unpaired) electrons. The second-order valence-electron chi connectivity index (χ2n) is 2.20. The summed E-state index contributed by atoms with van der Waals surface area (Å²) >= 11 is 0. The molecule has 0 atom stereocenters. The van der Waals surface area contributed by atoms with Gasteiger partial charge in [0.15, 0.2) is 0 Å². The third kappa shape index (κ3) is 1.51.